The van der Waals surface area contributed by atoms with Crippen LogP contribution in [0.25, 0.3) is 0 Å². The fourth-order valence-corrected chi connectivity index (χ4v) is 3.25. The van der Waals surface area contributed by atoms with E-state index >= 15 is 0 Å². The number of amides is 2. The number of carbonyl (C=O) groups is 2. The molecule has 148 valence electrons. The second-order valence-electron chi connectivity index (χ2n) is 6.92. The van der Waals surface area contributed by atoms with Gasteiger partial charge >= 0.3 is 0 Å². The Labute approximate surface area is 164 Å². The van der Waals surface area contributed by atoms with Crippen molar-refractivity contribution < 1.29 is 14.0 Å². The van der Waals surface area contributed by atoms with Crippen molar-refractivity contribution in [1.29, 1.82) is 0 Å². The van der Waals surface area contributed by atoms with E-state index in [0.29, 0.717) is 38.4 Å². The van der Waals surface area contributed by atoms with E-state index in [4.69, 9.17) is 0 Å². The van der Waals surface area contributed by atoms with Gasteiger partial charge in [-0.05, 0) is 36.2 Å². The SMILES string of the molecule is CN(CCc1ccncc1)C(=O)CC(=O)N1CCN(c2ccccc2F)CC1. The maximum atomic E-state index is 13.9. The third kappa shape index (κ3) is 5.06. The Hall–Kier alpha value is -2.96. The molecule has 0 spiro atoms. The van der Waals surface area contributed by atoms with Crippen molar-refractivity contribution in [2.45, 2.75) is 12.8 Å². The highest BCUT2D eigenvalue weighted by Gasteiger charge is 2.25. The van der Waals surface area contributed by atoms with E-state index in [0.717, 1.165) is 12.0 Å². The van der Waals surface area contributed by atoms with Gasteiger partial charge in [0.05, 0.1) is 5.69 Å². The number of rotatable bonds is 6. The van der Waals surface area contributed by atoms with Gasteiger partial charge in [0.2, 0.25) is 11.8 Å². The first-order valence-electron chi connectivity index (χ1n) is 9.44. The molecule has 1 aliphatic heterocycles. The Morgan fingerprint density at radius 1 is 1.07 bits per heavy atom. The van der Waals surface area contributed by atoms with E-state index < -0.39 is 0 Å². The van der Waals surface area contributed by atoms with Crippen molar-refractivity contribution in [2.24, 2.45) is 0 Å². The number of nitrogens with zero attached hydrogens (tertiary/aromatic N) is 4. The van der Waals surface area contributed by atoms with Crippen LogP contribution in [0.4, 0.5) is 10.1 Å². The van der Waals surface area contributed by atoms with Crippen LogP contribution in [0, 0.1) is 5.82 Å². The van der Waals surface area contributed by atoms with E-state index in [-0.39, 0.29) is 24.1 Å². The number of benzene rings is 1. The van der Waals surface area contributed by atoms with Crippen molar-refractivity contribution in [3.05, 3.63) is 60.2 Å². The van der Waals surface area contributed by atoms with Gasteiger partial charge in [-0.2, -0.15) is 0 Å². The van der Waals surface area contributed by atoms with Crippen LogP contribution in [0.15, 0.2) is 48.8 Å². The lowest BCUT2D eigenvalue weighted by Crippen LogP contribution is -2.50. The van der Waals surface area contributed by atoms with Crippen LogP contribution in [0.1, 0.15) is 12.0 Å². The molecule has 28 heavy (non-hydrogen) atoms. The average Bonchev–Trinajstić information content (AvgIpc) is 2.73. The molecule has 2 heterocycles. The molecule has 3 rings (SSSR count). The minimum absolute atomic E-state index is 0.132. The molecule has 0 atom stereocenters. The molecule has 0 radical (unpaired) electrons. The smallest absolute Gasteiger partial charge is 0.232 e. The second kappa shape index (κ2) is 9.30. The minimum Gasteiger partial charge on any atom is -0.366 e. The number of carbonyl (C=O) groups excluding carboxylic acids is 2. The zero-order valence-corrected chi connectivity index (χ0v) is 16.1. The van der Waals surface area contributed by atoms with Crippen LogP contribution in [0.5, 0.6) is 0 Å². The first kappa shape index (κ1) is 19.8. The molecule has 0 aliphatic carbocycles. The van der Waals surface area contributed by atoms with Crippen LogP contribution in [0.3, 0.4) is 0 Å². The van der Waals surface area contributed by atoms with Gasteiger partial charge in [-0.3, -0.25) is 14.6 Å². The number of hydrogen-bond acceptors (Lipinski definition) is 4. The molecule has 1 aromatic carbocycles. The Balaban J connectivity index is 1.44. The molecule has 1 saturated heterocycles. The molecule has 2 amide bonds. The van der Waals surface area contributed by atoms with E-state index in [1.165, 1.54) is 6.07 Å². The second-order valence-corrected chi connectivity index (χ2v) is 6.92. The van der Waals surface area contributed by atoms with Crippen molar-refractivity contribution in [3.8, 4) is 0 Å². The fraction of sp³-hybridized carbons (Fsp3) is 0.381. The third-order valence-electron chi connectivity index (χ3n) is 5.04. The predicted octanol–water partition coefficient (Wildman–Crippen LogP) is 1.96. The Kier molecular flexibility index (Phi) is 6.57. The molecule has 0 unspecified atom stereocenters. The van der Waals surface area contributed by atoms with Crippen molar-refractivity contribution in [1.82, 2.24) is 14.8 Å². The molecule has 1 fully saturated rings. The molecule has 1 aliphatic rings. The summed E-state index contributed by atoms with van der Waals surface area (Å²) < 4.78 is 13.9. The highest BCUT2D eigenvalue weighted by molar-refractivity contribution is 5.96. The summed E-state index contributed by atoms with van der Waals surface area (Å²) in [6, 6.07) is 10.5. The number of aromatic nitrogens is 1. The summed E-state index contributed by atoms with van der Waals surface area (Å²) in [5.74, 6) is -0.613. The lowest BCUT2D eigenvalue weighted by Gasteiger charge is -2.36. The zero-order chi connectivity index (χ0) is 19.9. The van der Waals surface area contributed by atoms with Crippen LogP contribution < -0.4 is 4.90 Å². The molecule has 7 heteroatoms. The summed E-state index contributed by atoms with van der Waals surface area (Å²) in [5.41, 5.74) is 1.66. The van der Waals surface area contributed by atoms with Gasteiger partial charge in [-0.25, -0.2) is 4.39 Å². The maximum absolute atomic E-state index is 13.9. The normalized spacial score (nSPS) is 14.1. The molecular formula is C21H25FN4O2. The molecular weight excluding hydrogens is 359 g/mol. The highest BCUT2D eigenvalue weighted by Crippen LogP contribution is 2.20. The van der Waals surface area contributed by atoms with Crippen molar-refractivity contribution in [3.63, 3.8) is 0 Å². The zero-order valence-electron chi connectivity index (χ0n) is 16.1. The number of pyridine rings is 1. The lowest BCUT2D eigenvalue weighted by molar-refractivity contribution is -0.140. The van der Waals surface area contributed by atoms with Crippen LogP contribution in [-0.4, -0.2) is 66.4 Å². The summed E-state index contributed by atoms with van der Waals surface area (Å²) in [7, 11) is 1.72. The van der Waals surface area contributed by atoms with Gasteiger partial charge in [0, 0.05) is 52.2 Å². The summed E-state index contributed by atoms with van der Waals surface area (Å²) in [4.78, 5) is 34.0. The first-order valence-corrected chi connectivity index (χ1v) is 9.44. The average molecular weight is 384 g/mol. The quantitative estimate of drug-likeness (QED) is 0.715. The number of hydrogen-bond donors (Lipinski definition) is 0. The molecule has 0 saturated carbocycles. The van der Waals surface area contributed by atoms with Gasteiger partial charge in [0.25, 0.3) is 0 Å². The number of halogens is 1. The minimum atomic E-state index is -0.256. The van der Waals surface area contributed by atoms with Crippen molar-refractivity contribution >= 4 is 17.5 Å². The van der Waals surface area contributed by atoms with Crippen molar-refractivity contribution in [2.75, 3.05) is 44.7 Å². The van der Waals surface area contributed by atoms with Crippen LogP contribution in [-0.2, 0) is 16.0 Å². The van der Waals surface area contributed by atoms with Gasteiger partial charge < -0.3 is 14.7 Å². The van der Waals surface area contributed by atoms with E-state index in [1.807, 2.05) is 17.0 Å². The Bertz CT molecular complexity index is 807. The fourth-order valence-electron chi connectivity index (χ4n) is 3.25. The molecule has 0 bridgehead atoms. The first-order chi connectivity index (χ1) is 13.5. The van der Waals surface area contributed by atoms with Gasteiger partial charge in [0.1, 0.15) is 12.2 Å². The molecule has 1 aromatic heterocycles. The van der Waals surface area contributed by atoms with E-state index in [2.05, 4.69) is 4.98 Å². The van der Waals surface area contributed by atoms with Gasteiger partial charge in [0.15, 0.2) is 0 Å². The molecule has 6 nitrogen and oxygen atoms in total. The van der Waals surface area contributed by atoms with E-state index in [1.54, 1.807) is 47.4 Å². The maximum Gasteiger partial charge on any atom is 0.232 e. The summed E-state index contributed by atoms with van der Waals surface area (Å²) in [5, 5.41) is 0. The molecule has 0 N–H and O–H groups in total. The number of piperazine rings is 1. The lowest BCUT2D eigenvalue weighted by atomic mass is 10.2. The number of anilines is 1. The van der Waals surface area contributed by atoms with E-state index in [9.17, 15) is 14.0 Å². The highest BCUT2D eigenvalue weighted by atomic mass is 19.1. The number of para-hydroxylation sites is 1. The van der Waals surface area contributed by atoms with Crippen LogP contribution in [0.2, 0.25) is 0 Å². The monoisotopic (exact) mass is 384 g/mol. The standard InChI is InChI=1S/C21H25FN4O2/c1-24(11-8-17-6-9-23-10-7-17)20(27)16-21(28)26-14-12-25(13-15-26)19-5-3-2-4-18(19)22/h2-7,9-10H,8,11-16H2,1H3. The third-order valence-corrected chi connectivity index (χ3v) is 5.04. The Morgan fingerprint density at radius 2 is 1.75 bits per heavy atom. The Morgan fingerprint density at radius 3 is 2.43 bits per heavy atom. The largest absolute Gasteiger partial charge is 0.366 e. The topological polar surface area (TPSA) is 56.8 Å². The van der Waals surface area contributed by atoms with Crippen LogP contribution >= 0.6 is 0 Å². The summed E-state index contributed by atoms with van der Waals surface area (Å²) >= 11 is 0. The van der Waals surface area contributed by atoms with Gasteiger partial charge in [-0.15, -0.1) is 0 Å². The summed E-state index contributed by atoms with van der Waals surface area (Å²) in [6.45, 7) is 2.64. The van der Waals surface area contributed by atoms with Gasteiger partial charge in [-0.1, -0.05) is 12.1 Å². The molecule has 2 aromatic rings. The summed E-state index contributed by atoms with van der Waals surface area (Å²) in [6.07, 6.45) is 4.04. The number of likely N-dealkylation sites (N-methyl/N-ethyl adjacent to an activating group) is 1. The predicted molar refractivity (Wildman–Crippen MR) is 105 cm³/mol.